The minimum absolute atomic E-state index is 0.0659. The normalized spacial score (nSPS) is 14.7. The third-order valence-corrected chi connectivity index (χ3v) is 6.26. The molecule has 2 amide bonds. The number of anilines is 1. The van der Waals surface area contributed by atoms with E-state index in [1.54, 1.807) is 11.3 Å². The van der Waals surface area contributed by atoms with Crippen LogP contribution in [0.5, 0.6) is 0 Å². The number of rotatable bonds is 8. The highest BCUT2D eigenvalue weighted by molar-refractivity contribution is 8.01. The molecule has 0 saturated carbocycles. The van der Waals surface area contributed by atoms with Gasteiger partial charge in [0.05, 0.1) is 0 Å². The van der Waals surface area contributed by atoms with Crippen molar-refractivity contribution in [1.82, 2.24) is 15.1 Å². The second kappa shape index (κ2) is 7.89. The highest BCUT2D eigenvalue weighted by Crippen LogP contribution is 2.26. The molecule has 0 spiro atoms. The number of carbonyl (C=O) groups is 2. The number of aromatic nitrogens is 2. The van der Waals surface area contributed by atoms with Crippen molar-refractivity contribution in [2.24, 2.45) is 0 Å². The van der Waals surface area contributed by atoms with Crippen LogP contribution in [0.1, 0.15) is 17.7 Å². The molecule has 122 valence electrons. The molecule has 1 saturated heterocycles. The highest BCUT2D eigenvalue weighted by Gasteiger charge is 2.28. The lowest BCUT2D eigenvalue weighted by atomic mass is 10.3. The van der Waals surface area contributed by atoms with Crippen molar-refractivity contribution in [1.29, 1.82) is 0 Å². The third-order valence-electron chi connectivity index (χ3n) is 3.33. The van der Waals surface area contributed by atoms with E-state index in [9.17, 15) is 9.59 Å². The van der Waals surface area contributed by atoms with Gasteiger partial charge < -0.3 is 5.32 Å². The Labute approximate surface area is 146 Å². The van der Waals surface area contributed by atoms with Crippen LogP contribution in [-0.2, 0) is 16.0 Å². The maximum Gasteiger partial charge on any atom is 0.229 e. The number of likely N-dealkylation sites (tertiary alicyclic amines) is 1. The topological polar surface area (TPSA) is 75.2 Å². The van der Waals surface area contributed by atoms with E-state index in [1.165, 1.54) is 32.9 Å². The van der Waals surface area contributed by atoms with Crippen LogP contribution in [0.2, 0.25) is 0 Å². The smallest absolute Gasteiger partial charge is 0.229 e. The summed E-state index contributed by atoms with van der Waals surface area (Å²) in [5.74, 6) is 0.522. The van der Waals surface area contributed by atoms with Gasteiger partial charge >= 0.3 is 0 Å². The lowest BCUT2D eigenvalue weighted by Gasteiger charge is -2.11. The summed E-state index contributed by atoms with van der Waals surface area (Å²) in [6, 6.07) is 4.17. The minimum Gasteiger partial charge on any atom is -0.360 e. The van der Waals surface area contributed by atoms with E-state index >= 15 is 0 Å². The number of thioether (sulfide) groups is 1. The van der Waals surface area contributed by atoms with Crippen molar-refractivity contribution in [3.8, 4) is 0 Å². The molecular formula is C14H16N4O2S3. The number of thiophene rings is 1. The minimum atomic E-state index is -0.0659. The molecule has 1 aliphatic rings. The Morgan fingerprint density at radius 3 is 2.83 bits per heavy atom. The molecule has 0 radical (unpaired) electrons. The van der Waals surface area contributed by atoms with Crippen molar-refractivity contribution in [2.45, 2.75) is 23.6 Å². The monoisotopic (exact) mass is 368 g/mol. The molecule has 6 nitrogen and oxygen atoms in total. The van der Waals surface area contributed by atoms with Gasteiger partial charge in [-0.25, -0.2) is 0 Å². The average molecular weight is 369 g/mol. The predicted octanol–water partition coefficient (Wildman–Crippen LogP) is 2.50. The van der Waals surface area contributed by atoms with Gasteiger partial charge in [-0.05, 0) is 17.9 Å². The molecular weight excluding hydrogens is 352 g/mol. The second-order valence-electron chi connectivity index (χ2n) is 4.92. The zero-order valence-corrected chi connectivity index (χ0v) is 14.8. The van der Waals surface area contributed by atoms with E-state index in [1.807, 2.05) is 0 Å². The molecule has 2 aromatic heterocycles. The summed E-state index contributed by atoms with van der Waals surface area (Å²) in [6.45, 7) is 1.28. The fourth-order valence-corrected chi connectivity index (χ4v) is 4.66. The Hall–Kier alpha value is -1.45. The molecule has 0 aliphatic carbocycles. The molecule has 1 N–H and O–H groups in total. The molecule has 9 heteroatoms. The molecule has 3 rings (SSSR count). The maximum atomic E-state index is 11.5. The second-order valence-corrected chi connectivity index (χ2v) is 8.27. The van der Waals surface area contributed by atoms with E-state index < -0.39 is 0 Å². The van der Waals surface area contributed by atoms with E-state index in [2.05, 4.69) is 33.0 Å². The van der Waals surface area contributed by atoms with Gasteiger partial charge in [-0.1, -0.05) is 29.2 Å². The zero-order valence-electron chi connectivity index (χ0n) is 12.4. The Bertz CT molecular complexity index is 655. The summed E-state index contributed by atoms with van der Waals surface area (Å²) < 4.78 is 0.850. The van der Waals surface area contributed by atoms with Crippen LogP contribution in [0.15, 0.2) is 21.9 Å². The number of amides is 2. The van der Waals surface area contributed by atoms with Crippen LogP contribution in [0.4, 0.5) is 5.13 Å². The van der Waals surface area contributed by atoms with Crippen LogP contribution in [0.3, 0.4) is 0 Å². The van der Waals surface area contributed by atoms with Gasteiger partial charge in [-0.2, -0.15) is 0 Å². The van der Waals surface area contributed by atoms with Crippen LogP contribution in [0.25, 0.3) is 0 Å². The summed E-state index contributed by atoms with van der Waals surface area (Å²) in [6.07, 6.45) is 1.67. The van der Waals surface area contributed by atoms with Crippen molar-refractivity contribution < 1.29 is 9.59 Å². The van der Waals surface area contributed by atoms with Gasteiger partial charge in [0.15, 0.2) is 4.34 Å². The lowest BCUT2D eigenvalue weighted by Crippen LogP contribution is -2.31. The van der Waals surface area contributed by atoms with Gasteiger partial charge in [0.1, 0.15) is 0 Å². The van der Waals surface area contributed by atoms with Crippen molar-refractivity contribution >= 4 is 51.4 Å². The SMILES string of the molecule is O=C1CCC(=O)N1CCSc1nnc(NCCc2cccs2)s1. The molecule has 23 heavy (non-hydrogen) atoms. The summed E-state index contributed by atoms with van der Waals surface area (Å²) in [5, 5.41) is 14.4. The van der Waals surface area contributed by atoms with Gasteiger partial charge in [0.25, 0.3) is 0 Å². The van der Waals surface area contributed by atoms with Crippen LogP contribution in [-0.4, -0.2) is 45.8 Å². The summed E-state index contributed by atoms with van der Waals surface area (Å²) in [4.78, 5) is 25.7. The summed E-state index contributed by atoms with van der Waals surface area (Å²) in [5.41, 5.74) is 0. The van der Waals surface area contributed by atoms with Gasteiger partial charge in [0.2, 0.25) is 16.9 Å². The van der Waals surface area contributed by atoms with E-state index in [0.717, 1.165) is 22.4 Å². The first-order valence-electron chi connectivity index (χ1n) is 7.28. The molecule has 3 heterocycles. The maximum absolute atomic E-state index is 11.5. The number of hydrogen-bond acceptors (Lipinski definition) is 8. The lowest BCUT2D eigenvalue weighted by molar-refractivity contribution is -0.137. The number of imide groups is 1. The van der Waals surface area contributed by atoms with Crippen LogP contribution >= 0.6 is 34.4 Å². The molecule has 0 aromatic carbocycles. The number of hydrogen-bond donors (Lipinski definition) is 1. The predicted molar refractivity (Wildman–Crippen MR) is 93.1 cm³/mol. The van der Waals surface area contributed by atoms with Crippen molar-refractivity contribution in [3.63, 3.8) is 0 Å². The summed E-state index contributed by atoms with van der Waals surface area (Å²) in [7, 11) is 0. The molecule has 0 bridgehead atoms. The van der Waals surface area contributed by atoms with Gasteiger partial charge in [0, 0.05) is 36.6 Å². The van der Waals surface area contributed by atoms with Crippen molar-refractivity contribution in [3.05, 3.63) is 22.4 Å². The molecule has 1 fully saturated rings. The quantitative estimate of drug-likeness (QED) is 0.570. The first-order chi connectivity index (χ1) is 11.2. The fourth-order valence-electron chi connectivity index (χ4n) is 2.18. The molecule has 0 unspecified atom stereocenters. The van der Waals surface area contributed by atoms with Gasteiger partial charge in [-0.3, -0.25) is 14.5 Å². The van der Waals surface area contributed by atoms with E-state index in [4.69, 9.17) is 0 Å². The Balaban J connectivity index is 1.39. The Morgan fingerprint density at radius 2 is 2.09 bits per heavy atom. The van der Waals surface area contributed by atoms with Crippen molar-refractivity contribution in [2.75, 3.05) is 24.2 Å². The highest BCUT2D eigenvalue weighted by atomic mass is 32.2. The molecule has 0 atom stereocenters. The number of nitrogens with one attached hydrogen (secondary N) is 1. The number of carbonyl (C=O) groups excluding carboxylic acids is 2. The number of nitrogens with zero attached hydrogens (tertiary/aromatic N) is 3. The largest absolute Gasteiger partial charge is 0.360 e. The first kappa shape index (κ1) is 16.4. The fraction of sp³-hybridized carbons (Fsp3) is 0.429. The average Bonchev–Trinajstić information content (AvgIpc) is 3.26. The summed E-state index contributed by atoms with van der Waals surface area (Å²) >= 11 is 4.77. The zero-order chi connectivity index (χ0) is 16.1. The Morgan fingerprint density at radius 1 is 1.26 bits per heavy atom. The van der Waals surface area contributed by atoms with Crippen LogP contribution < -0.4 is 5.32 Å². The standard InChI is InChI=1S/C14H16N4O2S3/c19-11-3-4-12(20)18(11)7-9-22-14-17-16-13(23-14)15-6-5-10-2-1-8-21-10/h1-2,8H,3-7,9H2,(H,15,16). The van der Waals surface area contributed by atoms with Crippen LogP contribution in [0, 0.1) is 0 Å². The molecule has 1 aliphatic heterocycles. The van der Waals surface area contributed by atoms with E-state index in [0.29, 0.717) is 25.1 Å². The van der Waals surface area contributed by atoms with E-state index in [-0.39, 0.29) is 11.8 Å². The molecule has 2 aromatic rings. The van der Waals surface area contributed by atoms with Gasteiger partial charge in [-0.15, -0.1) is 21.5 Å². The third kappa shape index (κ3) is 4.52. The Kier molecular flexibility index (Phi) is 5.63. The first-order valence-corrected chi connectivity index (χ1v) is 9.96.